The molecule has 2 atom stereocenters. The van der Waals surface area contributed by atoms with Gasteiger partial charge in [-0.1, -0.05) is 49.4 Å². The fourth-order valence-corrected chi connectivity index (χ4v) is 2.08. The number of amides is 3. The Morgan fingerprint density at radius 1 is 1.22 bits per heavy atom. The lowest BCUT2D eigenvalue weighted by Gasteiger charge is -2.25. The van der Waals surface area contributed by atoms with Crippen molar-refractivity contribution in [1.29, 1.82) is 0 Å². The van der Waals surface area contributed by atoms with Crippen molar-refractivity contribution < 1.29 is 24.3 Å². The molecule has 0 heterocycles. The maximum atomic E-state index is 12.3. The van der Waals surface area contributed by atoms with Crippen molar-refractivity contribution in [1.82, 2.24) is 10.6 Å². The third kappa shape index (κ3) is 9.23. The normalized spacial score (nSPS) is 12.5. The van der Waals surface area contributed by atoms with E-state index in [1.165, 1.54) is 0 Å². The maximum Gasteiger partial charge on any atom is 0.335 e. The number of rotatable bonds is 7. The first-order chi connectivity index (χ1) is 12.2. The van der Waals surface area contributed by atoms with E-state index in [9.17, 15) is 19.5 Å². The van der Waals surface area contributed by atoms with Crippen LogP contribution in [0.3, 0.4) is 0 Å². The number of nitrogens with two attached hydrogens (primary N) is 2. The number of urea groups is 1. The van der Waals surface area contributed by atoms with Gasteiger partial charge in [0.1, 0.15) is 0 Å². The van der Waals surface area contributed by atoms with Crippen LogP contribution in [-0.2, 0) is 20.8 Å². The zero-order valence-electron chi connectivity index (χ0n) is 15.3. The number of carbonyl (C=O) groups is 3. The van der Waals surface area contributed by atoms with E-state index in [2.05, 4.69) is 0 Å². The lowest BCUT2D eigenvalue weighted by Crippen LogP contribution is -2.56. The van der Waals surface area contributed by atoms with E-state index < -0.39 is 30.1 Å². The zero-order chi connectivity index (χ0) is 19.7. The molecule has 0 bridgehead atoms. The fourth-order valence-electron chi connectivity index (χ4n) is 2.08. The highest BCUT2D eigenvalue weighted by Gasteiger charge is 2.31. The molecular weight excluding hydrogens is 376 g/mol. The minimum atomic E-state index is -1.71. The monoisotopic (exact) mass is 402 g/mol. The molecule has 0 spiro atoms. The van der Waals surface area contributed by atoms with Gasteiger partial charge in [0.05, 0.1) is 0 Å². The van der Waals surface area contributed by atoms with E-state index in [4.69, 9.17) is 16.3 Å². The summed E-state index contributed by atoms with van der Waals surface area (Å²) in [6, 6.07) is 6.91. The predicted molar refractivity (Wildman–Crippen MR) is 101 cm³/mol. The summed E-state index contributed by atoms with van der Waals surface area (Å²) < 4.78 is 0. The molecule has 0 aliphatic heterocycles. The number of hydroxylamine groups is 1. The minimum absolute atomic E-state index is 0. The Hall–Kier alpha value is -2.36. The highest BCUT2D eigenvalue weighted by atomic mass is 35.5. The van der Waals surface area contributed by atoms with Gasteiger partial charge in [-0.3, -0.25) is 4.79 Å². The quantitative estimate of drug-likeness (QED) is 0.492. The third-order valence-corrected chi connectivity index (χ3v) is 3.50. The second-order valence-corrected chi connectivity index (χ2v) is 6.30. The lowest BCUT2D eigenvalue weighted by molar-refractivity contribution is -0.212. The first-order valence-corrected chi connectivity index (χ1v) is 8.29. The molecule has 1 aromatic rings. The van der Waals surface area contributed by atoms with Gasteiger partial charge in [0, 0.05) is 12.5 Å². The second-order valence-electron chi connectivity index (χ2n) is 6.30. The van der Waals surface area contributed by atoms with Crippen LogP contribution in [0, 0.1) is 5.92 Å². The number of halogens is 1. The number of nitrogens with zero attached hydrogens (tertiary/aromatic N) is 1. The standard InChI is InChI=1S/C17H26N4O5.ClH/c1-11(2)8-9-14(22)26-21(20-17(19)25)16(24)15(23)13(18)10-12-6-4-3-5-7-12;/h3-7,11,13,15,23H,8-10,18H2,1-2H3,(H3,19,20,25);1H/t13-,15+;/m1./s1. The number of benzene rings is 1. The molecule has 10 heteroatoms. The molecule has 0 aromatic heterocycles. The van der Waals surface area contributed by atoms with Crippen LogP contribution in [0.5, 0.6) is 0 Å². The van der Waals surface area contributed by atoms with E-state index in [0.29, 0.717) is 6.42 Å². The van der Waals surface area contributed by atoms with Crippen LogP contribution in [-0.4, -0.2) is 40.3 Å². The van der Waals surface area contributed by atoms with E-state index in [1.807, 2.05) is 25.3 Å². The summed E-state index contributed by atoms with van der Waals surface area (Å²) in [5.41, 5.74) is 13.5. The summed E-state index contributed by atoms with van der Waals surface area (Å²) in [6.45, 7) is 3.84. The number of hydrazine groups is 1. The van der Waals surface area contributed by atoms with Gasteiger partial charge in [-0.15, -0.1) is 12.4 Å². The molecule has 0 saturated carbocycles. The van der Waals surface area contributed by atoms with Crippen molar-refractivity contribution in [2.24, 2.45) is 17.4 Å². The van der Waals surface area contributed by atoms with Crippen molar-refractivity contribution >= 4 is 30.3 Å². The van der Waals surface area contributed by atoms with Gasteiger partial charge >= 0.3 is 17.9 Å². The second kappa shape index (κ2) is 12.1. The summed E-state index contributed by atoms with van der Waals surface area (Å²) in [5, 5.41) is 10.4. The summed E-state index contributed by atoms with van der Waals surface area (Å²) in [7, 11) is 0. The summed E-state index contributed by atoms with van der Waals surface area (Å²) in [6.07, 6.45) is -0.930. The molecule has 152 valence electrons. The smallest absolute Gasteiger partial charge is 0.335 e. The molecule has 0 aliphatic rings. The number of carbonyl (C=O) groups excluding carboxylic acids is 3. The zero-order valence-corrected chi connectivity index (χ0v) is 16.1. The first kappa shape index (κ1) is 24.6. The van der Waals surface area contributed by atoms with Crippen LogP contribution >= 0.6 is 12.4 Å². The highest BCUT2D eigenvalue weighted by molar-refractivity contribution is 5.85. The summed E-state index contributed by atoms with van der Waals surface area (Å²) in [5.74, 6) is -1.59. The van der Waals surface area contributed by atoms with Gasteiger partial charge in [0.25, 0.3) is 0 Å². The van der Waals surface area contributed by atoms with Crippen molar-refractivity contribution in [3.8, 4) is 0 Å². The van der Waals surface area contributed by atoms with Crippen LogP contribution in [0.25, 0.3) is 0 Å². The molecule has 27 heavy (non-hydrogen) atoms. The molecule has 1 rings (SSSR count). The van der Waals surface area contributed by atoms with Crippen LogP contribution < -0.4 is 16.9 Å². The Balaban J connectivity index is 0.00000676. The number of nitrogens with one attached hydrogen (secondary N) is 1. The van der Waals surface area contributed by atoms with E-state index in [1.54, 1.807) is 24.3 Å². The van der Waals surface area contributed by atoms with Crippen LogP contribution in [0.1, 0.15) is 32.3 Å². The predicted octanol–water partition coefficient (Wildman–Crippen LogP) is 0.645. The van der Waals surface area contributed by atoms with E-state index >= 15 is 0 Å². The van der Waals surface area contributed by atoms with E-state index in [-0.39, 0.29) is 36.3 Å². The minimum Gasteiger partial charge on any atom is -0.381 e. The molecule has 0 fully saturated rings. The molecule has 1 aromatic carbocycles. The van der Waals surface area contributed by atoms with Crippen molar-refractivity contribution in [3.05, 3.63) is 35.9 Å². The Labute approximate surface area is 164 Å². The third-order valence-electron chi connectivity index (χ3n) is 3.50. The van der Waals surface area contributed by atoms with Crippen molar-refractivity contribution in [2.75, 3.05) is 0 Å². The van der Waals surface area contributed by atoms with Gasteiger partial charge in [-0.2, -0.15) is 0 Å². The largest absolute Gasteiger partial charge is 0.381 e. The van der Waals surface area contributed by atoms with Gasteiger partial charge in [-0.05, 0) is 24.3 Å². The maximum absolute atomic E-state index is 12.3. The average Bonchev–Trinajstić information content (AvgIpc) is 2.58. The molecular formula is C17H27ClN4O5. The van der Waals surface area contributed by atoms with Crippen LogP contribution in [0.4, 0.5) is 4.79 Å². The number of aliphatic hydroxyl groups is 1. The Kier molecular flexibility index (Phi) is 11.0. The lowest BCUT2D eigenvalue weighted by atomic mass is 10.0. The van der Waals surface area contributed by atoms with Crippen LogP contribution in [0.15, 0.2) is 30.3 Å². The van der Waals surface area contributed by atoms with Gasteiger partial charge in [-0.25, -0.2) is 15.0 Å². The molecule has 9 nitrogen and oxygen atoms in total. The first-order valence-electron chi connectivity index (χ1n) is 8.29. The summed E-state index contributed by atoms with van der Waals surface area (Å²) >= 11 is 0. The molecule has 0 saturated heterocycles. The molecule has 0 aliphatic carbocycles. The van der Waals surface area contributed by atoms with Gasteiger partial charge in [0.2, 0.25) is 0 Å². The Bertz CT molecular complexity index is 615. The number of hydrogen-bond acceptors (Lipinski definition) is 6. The molecule has 6 N–H and O–H groups in total. The van der Waals surface area contributed by atoms with Gasteiger partial charge < -0.3 is 21.4 Å². The number of aliphatic hydroxyl groups excluding tert-OH is 1. The summed E-state index contributed by atoms with van der Waals surface area (Å²) in [4.78, 5) is 40.0. The molecule has 0 unspecified atom stereocenters. The van der Waals surface area contributed by atoms with E-state index in [0.717, 1.165) is 5.56 Å². The Morgan fingerprint density at radius 2 is 1.81 bits per heavy atom. The van der Waals surface area contributed by atoms with Crippen molar-refractivity contribution in [2.45, 2.75) is 45.3 Å². The number of hydrogen-bond donors (Lipinski definition) is 4. The molecule has 3 amide bonds. The van der Waals surface area contributed by atoms with Crippen LogP contribution in [0.2, 0.25) is 0 Å². The molecule has 0 radical (unpaired) electrons. The Morgan fingerprint density at radius 3 is 2.33 bits per heavy atom. The fraction of sp³-hybridized carbons (Fsp3) is 0.471. The number of primary amides is 1. The average molecular weight is 403 g/mol. The van der Waals surface area contributed by atoms with Crippen molar-refractivity contribution in [3.63, 3.8) is 0 Å². The van der Waals surface area contributed by atoms with Gasteiger partial charge in [0.15, 0.2) is 6.10 Å². The topological polar surface area (TPSA) is 148 Å². The SMILES string of the molecule is CC(C)CCC(=O)ON(NC(N)=O)C(=O)[C@@H](O)[C@H](N)Cc1ccccc1.Cl. The highest BCUT2D eigenvalue weighted by Crippen LogP contribution is 2.09.